The van der Waals surface area contributed by atoms with E-state index >= 15 is 0 Å². The van der Waals surface area contributed by atoms with Gasteiger partial charge in [0.25, 0.3) is 0 Å². The normalized spacial score (nSPS) is 12.7. The molecule has 2 aromatic rings. The average Bonchev–Trinajstić information content (AvgIpc) is 2.53. The van der Waals surface area contributed by atoms with E-state index in [0.717, 1.165) is 0 Å². The highest BCUT2D eigenvalue weighted by molar-refractivity contribution is 7.33. The number of Topliss-reactive ketones (excluding diaryl/α,β-unsaturated/α-hetero) is 1. The lowest BCUT2D eigenvalue weighted by Crippen LogP contribution is -2.15. The summed E-state index contributed by atoms with van der Waals surface area (Å²) in [4.78, 5) is 12.8. The Labute approximate surface area is 145 Å². The van der Waals surface area contributed by atoms with Gasteiger partial charge in [0.2, 0.25) is 11.9 Å². The minimum Gasteiger partial charge on any atom is -0.290 e. The molecular weight excluding hydrogens is 358 g/mol. The molecule has 0 amide bonds. The minimum absolute atomic E-state index is 0.129. The highest BCUT2D eigenvalue weighted by Gasteiger charge is 2.35. The van der Waals surface area contributed by atoms with Gasteiger partial charge in [0.15, 0.2) is 0 Å². The third-order valence-corrected chi connectivity index (χ3v) is 4.46. The molecule has 2 rings (SSSR count). The Kier molecular flexibility index (Phi) is 6.70. The Morgan fingerprint density at radius 2 is 1.70 bits per heavy atom. The number of carbonyl (C=O) groups is 1. The van der Waals surface area contributed by atoms with Gasteiger partial charge in [-0.1, -0.05) is 59.6 Å². The summed E-state index contributed by atoms with van der Waals surface area (Å²) < 4.78 is 22.1. The summed E-state index contributed by atoms with van der Waals surface area (Å²) >= 11 is 12.2. The number of rotatable bonds is 7. The van der Waals surface area contributed by atoms with Crippen LogP contribution in [0.1, 0.15) is 28.9 Å². The predicted octanol–water partition coefficient (Wildman–Crippen LogP) is 5.63. The Morgan fingerprint density at radius 1 is 1.09 bits per heavy atom. The van der Waals surface area contributed by atoms with Crippen LogP contribution in [0.2, 0.25) is 10.0 Å². The fourth-order valence-corrected chi connectivity index (χ4v) is 3.22. The standard InChI is InChI=1S/C16H14Cl2O4P/c1-2-21-23(20)22-16(11-7-4-3-5-8-11)15(19)14-12(17)9-6-10-13(14)18/h3-10,16H,2H2,1H3/q+1. The summed E-state index contributed by atoms with van der Waals surface area (Å²) in [6.07, 6.45) is -1.12. The fraction of sp³-hybridized carbons (Fsp3) is 0.188. The summed E-state index contributed by atoms with van der Waals surface area (Å²) in [7, 11) is -2.44. The van der Waals surface area contributed by atoms with E-state index in [1.54, 1.807) is 55.5 Å². The van der Waals surface area contributed by atoms with Crippen molar-refractivity contribution in [2.75, 3.05) is 6.61 Å². The maximum absolute atomic E-state index is 12.8. The predicted molar refractivity (Wildman–Crippen MR) is 90.3 cm³/mol. The van der Waals surface area contributed by atoms with Crippen LogP contribution in [0.25, 0.3) is 0 Å². The lowest BCUT2D eigenvalue weighted by Gasteiger charge is -2.12. The van der Waals surface area contributed by atoms with Crippen LogP contribution in [0.15, 0.2) is 48.5 Å². The fourth-order valence-electron chi connectivity index (χ4n) is 1.97. The van der Waals surface area contributed by atoms with Crippen molar-refractivity contribution in [3.05, 3.63) is 69.7 Å². The number of carbonyl (C=O) groups excluding carboxylic acids is 1. The Morgan fingerprint density at radius 3 is 2.26 bits per heavy atom. The third-order valence-electron chi connectivity index (χ3n) is 2.98. The molecule has 0 heterocycles. The van der Waals surface area contributed by atoms with Crippen molar-refractivity contribution in [2.24, 2.45) is 0 Å². The molecular formula is C16H14Cl2O4P+. The molecule has 0 saturated heterocycles. The average molecular weight is 372 g/mol. The topological polar surface area (TPSA) is 52.6 Å². The molecule has 120 valence electrons. The second-order valence-electron chi connectivity index (χ2n) is 4.50. The van der Waals surface area contributed by atoms with Crippen molar-refractivity contribution in [2.45, 2.75) is 13.0 Å². The molecule has 4 nitrogen and oxygen atoms in total. The minimum atomic E-state index is -2.44. The van der Waals surface area contributed by atoms with Gasteiger partial charge < -0.3 is 0 Å². The van der Waals surface area contributed by atoms with Gasteiger partial charge in [0, 0.05) is 4.57 Å². The Bertz CT molecular complexity index is 686. The summed E-state index contributed by atoms with van der Waals surface area (Å²) in [5, 5.41) is 0.414. The Hall–Kier alpha value is -1.29. The van der Waals surface area contributed by atoms with Crippen molar-refractivity contribution in [3.63, 3.8) is 0 Å². The zero-order valence-corrected chi connectivity index (χ0v) is 14.6. The molecule has 23 heavy (non-hydrogen) atoms. The van der Waals surface area contributed by atoms with E-state index in [4.69, 9.17) is 32.2 Å². The molecule has 7 heteroatoms. The largest absolute Gasteiger partial charge is 0.698 e. The first-order valence-electron chi connectivity index (χ1n) is 6.84. The SMILES string of the molecule is CCO[P+](=O)OC(C(=O)c1c(Cl)cccc1Cl)c1ccccc1. The summed E-state index contributed by atoms with van der Waals surface area (Å²) in [6.45, 7) is 1.89. The van der Waals surface area contributed by atoms with Gasteiger partial charge in [-0.15, -0.1) is 9.05 Å². The van der Waals surface area contributed by atoms with Crippen LogP contribution in [0.5, 0.6) is 0 Å². The van der Waals surface area contributed by atoms with E-state index in [2.05, 4.69) is 0 Å². The van der Waals surface area contributed by atoms with Gasteiger partial charge >= 0.3 is 8.25 Å². The molecule has 2 aromatic carbocycles. The van der Waals surface area contributed by atoms with Crippen LogP contribution in [0, 0.1) is 0 Å². The van der Waals surface area contributed by atoms with Gasteiger partial charge in [-0.3, -0.25) is 4.79 Å². The molecule has 0 aliphatic rings. The van der Waals surface area contributed by atoms with Gasteiger partial charge in [-0.25, -0.2) is 0 Å². The van der Waals surface area contributed by atoms with Crippen LogP contribution < -0.4 is 0 Å². The molecule has 0 aliphatic heterocycles. The second kappa shape index (κ2) is 8.53. The van der Waals surface area contributed by atoms with E-state index < -0.39 is 20.1 Å². The maximum Gasteiger partial charge on any atom is 0.698 e. The number of ketones is 1. The van der Waals surface area contributed by atoms with Crippen LogP contribution in [0.3, 0.4) is 0 Å². The monoisotopic (exact) mass is 371 g/mol. The van der Waals surface area contributed by atoms with Crippen LogP contribution in [-0.4, -0.2) is 12.4 Å². The lowest BCUT2D eigenvalue weighted by atomic mass is 10.00. The Balaban J connectivity index is 2.41. The lowest BCUT2D eigenvalue weighted by molar-refractivity contribution is 0.0769. The number of halogens is 2. The number of benzene rings is 2. The van der Waals surface area contributed by atoms with E-state index in [9.17, 15) is 9.36 Å². The van der Waals surface area contributed by atoms with Crippen LogP contribution >= 0.6 is 31.5 Å². The number of hydrogen-bond donors (Lipinski definition) is 0. The molecule has 0 saturated carbocycles. The summed E-state index contributed by atoms with van der Waals surface area (Å²) in [5.41, 5.74) is 0.668. The molecule has 0 fully saturated rings. The van der Waals surface area contributed by atoms with E-state index in [1.807, 2.05) is 0 Å². The quantitative estimate of drug-likeness (QED) is 0.467. The van der Waals surface area contributed by atoms with Crippen molar-refractivity contribution >= 4 is 37.2 Å². The van der Waals surface area contributed by atoms with Gasteiger partial charge in [-0.05, 0) is 24.6 Å². The van der Waals surface area contributed by atoms with Crippen LogP contribution in [0.4, 0.5) is 0 Å². The molecule has 0 aliphatic carbocycles. The molecule has 0 N–H and O–H groups in total. The van der Waals surface area contributed by atoms with Crippen LogP contribution in [-0.2, 0) is 13.6 Å². The molecule has 2 unspecified atom stereocenters. The molecule has 0 bridgehead atoms. The molecule has 2 atom stereocenters. The highest BCUT2D eigenvalue weighted by Crippen LogP contribution is 2.37. The van der Waals surface area contributed by atoms with Crippen molar-refractivity contribution < 1.29 is 18.4 Å². The first-order chi connectivity index (χ1) is 11.0. The van der Waals surface area contributed by atoms with Gasteiger partial charge in [-0.2, -0.15) is 0 Å². The number of hydrogen-bond acceptors (Lipinski definition) is 4. The first-order valence-corrected chi connectivity index (χ1v) is 8.69. The zero-order valence-electron chi connectivity index (χ0n) is 12.2. The summed E-state index contributed by atoms with van der Waals surface area (Å²) in [6, 6.07) is 13.5. The van der Waals surface area contributed by atoms with Crippen molar-refractivity contribution in [1.82, 2.24) is 0 Å². The van der Waals surface area contributed by atoms with E-state index in [0.29, 0.717) is 5.56 Å². The molecule has 0 aromatic heterocycles. The van der Waals surface area contributed by atoms with E-state index in [1.165, 1.54) is 0 Å². The smallest absolute Gasteiger partial charge is 0.290 e. The molecule has 0 spiro atoms. The van der Waals surface area contributed by atoms with Gasteiger partial charge in [0.05, 0.1) is 15.6 Å². The van der Waals surface area contributed by atoms with Crippen molar-refractivity contribution in [3.8, 4) is 0 Å². The summed E-state index contributed by atoms with van der Waals surface area (Å²) in [5.74, 6) is -0.477. The zero-order chi connectivity index (χ0) is 16.8. The third kappa shape index (κ3) is 4.60. The highest BCUT2D eigenvalue weighted by atomic mass is 35.5. The maximum atomic E-state index is 12.8. The first kappa shape index (κ1) is 18.1. The second-order valence-corrected chi connectivity index (χ2v) is 6.23. The van der Waals surface area contributed by atoms with Gasteiger partial charge in [0.1, 0.15) is 6.61 Å². The molecule has 0 radical (unpaired) electrons. The van der Waals surface area contributed by atoms with E-state index in [-0.39, 0.29) is 22.2 Å². The van der Waals surface area contributed by atoms with Crippen molar-refractivity contribution in [1.29, 1.82) is 0 Å².